The Bertz CT molecular complexity index is 584. The van der Waals surface area contributed by atoms with Gasteiger partial charge in [0.05, 0.1) is 19.8 Å². The summed E-state index contributed by atoms with van der Waals surface area (Å²) < 4.78 is 10.2. The number of benzene rings is 1. The number of H-pyrrole nitrogens is 1. The number of carbonyl (C=O) groups excluding carboxylic acids is 1. The van der Waals surface area contributed by atoms with E-state index in [1.165, 1.54) is 5.56 Å². The fourth-order valence-corrected chi connectivity index (χ4v) is 2.15. The molecule has 1 aromatic heterocycles. The third-order valence-electron chi connectivity index (χ3n) is 3.25. The Morgan fingerprint density at radius 1 is 1.44 bits per heavy atom. The Labute approximate surface area is 105 Å². The van der Waals surface area contributed by atoms with Crippen LogP contribution in [0.4, 0.5) is 0 Å². The average Bonchev–Trinajstić information content (AvgIpc) is 2.70. The van der Waals surface area contributed by atoms with Crippen molar-refractivity contribution in [1.82, 2.24) is 4.98 Å². The monoisotopic (exact) mass is 245 g/mol. The van der Waals surface area contributed by atoms with Crippen molar-refractivity contribution in [1.29, 1.82) is 0 Å². The van der Waals surface area contributed by atoms with Gasteiger partial charge in [-0.05, 0) is 24.6 Å². The van der Waals surface area contributed by atoms with Crippen LogP contribution in [-0.4, -0.2) is 30.8 Å². The summed E-state index contributed by atoms with van der Waals surface area (Å²) in [5.74, 6) is 0.186. The SMILES string of the molecule is CCOC(=O)c1cc2ccc(C3COC3)cc2[nH]1. The van der Waals surface area contributed by atoms with Crippen molar-refractivity contribution in [3.8, 4) is 0 Å². The molecular formula is C14H15NO3. The molecule has 2 aromatic rings. The minimum atomic E-state index is -0.303. The highest BCUT2D eigenvalue weighted by atomic mass is 16.5. The molecule has 0 spiro atoms. The Kier molecular flexibility index (Phi) is 2.80. The molecule has 18 heavy (non-hydrogen) atoms. The van der Waals surface area contributed by atoms with E-state index in [4.69, 9.17) is 9.47 Å². The van der Waals surface area contributed by atoms with Crippen molar-refractivity contribution in [3.63, 3.8) is 0 Å². The fourth-order valence-electron chi connectivity index (χ4n) is 2.15. The quantitative estimate of drug-likeness (QED) is 0.845. The van der Waals surface area contributed by atoms with Gasteiger partial charge in [-0.2, -0.15) is 0 Å². The molecule has 1 aliphatic rings. The Morgan fingerprint density at radius 2 is 2.28 bits per heavy atom. The molecule has 1 aliphatic heterocycles. The Morgan fingerprint density at radius 3 is 2.94 bits per heavy atom. The van der Waals surface area contributed by atoms with Gasteiger partial charge in [-0.1, -0.05) is 12.1 Å². The molecule has 94 valence electrons. The lowest BCUT2D eigenvalue weighted by Gasteiger charge is -2.26. The molecule has 1 aromatic carbocycles. The number of hydrogen-bond donors (Lipinski definition) is 1. The molecule has 0 aliphatic carbocycles. The summed E-state index contributed by atoms with van der Waals surface area (Å²) >= 11 is 0. The molecular weight excluding hydrogens is 230 g/mol. The summed E-state index contributed by atoms with van der Waals surface area (Å²) in [6, 6.07) is 8.04. The third-order valence-corrected chi connectivity index (χ3v) is 3.25. The number of ether oxygens (including phenoxy) is 2. The van der Waals surface area contributed by atoms with Gasteiger partial charge in [0.1, 0.15) is 5.69 Å². The lowest BCUT2D eigenvalue weighted by molar-refractivity contribution is 0.00847. The second-order valence-electron chi connectivity index (χ2n) is 4.48. The molecule has 1 N–H and O–H groups in total. The van der Waals surface area contributed by atoms with E-state index in [0.717, 1.165) is 24.1 Å². The fraction of sp³-hybridized carbons (Fsp3) is 0.357. The van der Waals surface area contributed by atoms with Crippen molar-refractivity contribution in [2.24, 2.45) is 0 Å². The topological polar surface area (TPSA) is 51.3 Å². The van der Waals surface area contributed by atoms with E-state index in [0.29, 0.717) is 18.2 Å². The molecule has 4 nitrogen and oxygen atoms in total. The van der Waals surface area contributed by atoms with Gasteiger partial charge < -0.3 is 14.5 Å². The minimum Gasteiger partial charge on any atom is -0.461 e. The molecule has 0 saturated carbocycles. The summed E-state index contributed by atoms with van der Waals surface area (Å²) in [4.78, 5) is 14.7. The molecule has 4 heteroatoms. The van der Waals surface area contributed by atoms with Crippen LogP contribution < -0.4 is 0 Å². The van der Waals surface area contributed by atoms with Crippen molar-refractivity contribution >= 4 is 16.9 Å². The predicted molar refractivity (Wildman–Crippen MR) is 67.8 cm³/mol. The molecule has 0 atom stereocenters. The summed E-state index contributed by atoms with van der Waals surface area (Å²) in [7, 11) is 0. The third kappa shape index (κ3) is 1.88. The summed E-state index contributed by atoms with van der Waals surface area (Å²) in [5, 5.41) is 1.03. The largest absolute Gasteiger partial charge is 0.461 e. The van der Waals surface area contributed by atoms with E-state index < -0.39 is 0 Å². The second kappa shape index (κ2) is 4.46. The van der Waals surface area contributed by atoms with Crippen LogP contribution >= 0.6 is 0 Å². The predicted octanol–water partition coefficient (Wildman–Crippen LogP) is 2.46. The average molecular weight is 245 g/mol. The molecule has 1 fully saturated rings. The Balaban J connectivity index is 1.93. The zero-order valence-corrected chi connectivity index (χ0v) is 10.2. The molecule has 0 unspecified atom stereocenters. The van der Waals surface area contributed by atoms with Crippen molar-refractivity contribution < 1.29 is 14.3 Å². The summed E-state index contributed by atoms with van der Waals surface area (Å²) in [6.45, 7) is 3.77. The van der Waals surface area contributed by atoms with Gasteiger partial charge in [0, 0.05) is 16.8 Å². The van der Waals surface area contributed by atoms with Gasteiger partial charge in [0.25, 0.3) is 0 Å². The van der Waals surface area contributed by atoms with Crippen LogP contribution in [-0.2, 0) is 9.47 Å². The molecule has 2 heterocycles. The summed E-state index contributed by atoms with van der Waals surface area (Å²) in [5.41, 5.74) is 2.74. The van der Waals surface area contributed by atoms with Crippen molar-refractivity contribution in [2.45, 2.75) is 12.8 Å². The molecule has 1 saturated heterocycles. The van der Waals surface area contributed by atoms with Crippen LogP contribution in [0.5, 0.6) is 0 Å². The van der Waals surface area contributed by atoms with Gasteiger partial charge in [0.15, 0.2) is 0 Å². The van der Waals surface area contributed by atoms with Gasteiger partial charge in [-0.15, -0.1) is 0 Å². The maximum absolute atomic E-state index is 11.6. The highest BCUT2D eigenvalue weighted by Gasteiger charge is 2.21. The number of aromatic amines is 1. The minimum absolute atomic E-state index is 0.303. The summed E-state index contributed by atoms with van der Waals surface area (Å²) in [6.07, 6.45) is 0. The zero-order chi connectivity index (χ0) is 12.5. The van der Waals surface area contributed by atoms with E-state index >= 15 is 0 Å². The van der Waals surface area contributed by atoms with Crippen molar-refractivity contribution in [3.05, 3.63) is 35.5 Å². The standard InChI is InChI=1S/C14H15NO3/c1-2-18-14(16)13-6-10-4-3-9(5-12(10)15-13)11-7-17-8-11/h3-6,11,15H,2,7-8H2,1H3. The van der Waals surface area contributed by atoms with Gasteiger partial charge in [-0.25, -0.2) is 4.79 Å². The second-order valence-corrected chi connectivity index (χ2v) is 4.48. The van der Waals surface area contributed by atoms with Crippen LogP contribution in [0, 0.1) is 0 Å². The smallest absolute Gasteiger partial charge is 0.354 e. The number of carbonyl (C=O) groups is 1. The molecule has 0 amide bonds. The van der Waals surface area contributed by atoms with Crippen LogP contribution in [0.1, 0.15) is 28.9 Å². The Hall–Kier alpha value is -1.81. The van der Waals surface area contributed by atoms with E-state index in [9.17, 15) is 4.79 Å². The first-order valence-corrected chi connectivity index (χ1v) is 6.15. The maximum Gasteiger partial charge on any atom is 0.354 e. The number of hydrogen-bond acceptors (Lipinski definition) is 3. The van der Waals surface area contributed by atoms with Gasteiger partial charge in [0.2, 0.25) is 0 Å². The van der Waals surface area contributed by atoms with Crippen LogP contribution in [0.3, 0.4) is 0 Å². The first-order valence-electron chi connectivity index (χ1n) is 6.15. The van der Waals surface area contributed by atoms with E-state index in [2.05, 4.69) is 17.1 Å². The van der Waals surface area contributed by atoms with E-state index in [-0.39, 0.29) is 5.97 Å². The number of fused-ring (bicyclic) bond motifs is 1. The number of esters is 1. The highest BCUT2D eigenvalue weighted by molar-refractivity contribution is 5.95. The number of nitrogens with one attached hydrogen (secondary N) is 1. The van der Waals surface area contributed by atoms with Gasteiger partial charge >= 0.3 is 5.97 Å². The number of aromatic nitrogens is 1. The van der Waals surface area contributed by atoms with E-state index in [1.807, 2.05) is 12.1 Å². The van der Waals surface area contributed by atoms with Crippen LogP contribution in [0.15, 0.2) is 24.3 Å². The lowest BCUT2D eigenvalue weighted by atomic mass is 9.97. The highest BCUT2D eigenvalue weighted by Crippen LogP contribution is 2.27. The van der Waals surface area contributed by atoms with Crippen LogP contribution in [0.2, 0.25) is 0 Å². The number of rotatable bonds is 3. The zero-order valence-electron chi connectivity index (χ0n) is 10.2. The van der Waals surface area contributed by atoms with Crippen molar-refractivity contribution in [2.75, 3.05) is 19.8 Å². The lowest BCUT2D eigenvalue weighted by Crippen LogP contribution is -2.24. The van der Waals surface area contributed by atoms with Gasteiger partial charge in [-0.3, -0.25) is 0 Å². The van der Waals surface area contributed by atoms with E-state index in [1.54, 1.807) is 6.92 Å². The molecule has 0 radical (unpaired) electrons. The molecule has 3 rings (SSSR count). The maximum atomic E-state index is 11.6. The van der Waals surface area contributed by atoms with Crippen LogP contribution in [0.25, 0.3) is 10.9 Å². The first-order chi connectivity index (χ1) is 8.78. The first kappa shape index (κ1) is 11.3. The normalized spacial score (nSPS) is 15.6. The molecule has 0 bridgehead atoms.